The monoisotopic (exact) mass is 474 g/mol. The van der Waals surface area contributed by atoms with Crippen LogP contribution in [0, 0.1) is 0 Å². The van der Waals surface area contributed by atoms with E-state index in [2.05, 4.69) is 19.9 Å². The third-order valence-corrected chi connectivity index (χ3v) is 6.45. The molecule has 0 unspecified atom stereocenters. The topological polar surface area (TPSA) is 92.9 Å². The molecule has 0 saturated heterocycles. The summed E-state index contributed by atoms with van der Waals surface area (Å²) in [7, 11) is 3.28. The van der Waals surface area contributed by atoms with Gasteiger partial charge in [-0.3, -0.25) is 4.79 Å². The first-order valence-corrected chi connectivity index (χ1v) is 11.4. The number of methoxy groups -OCH3 is 2. The van der Waals surface area contributed by atoms with Crippen molar-refractivity contribution in [2.45, 2.75) is 0 Å². The maximum Gasteiger partial charge on any atom is 0.194 e. The fraction of sp³-hybridized carbons (Fsp3) is 0.0690. The van der Waals surface area contributed by atoms with Crippen LogP contribution in [0.5, 0.6) is 11.5 Å². The van der Waals surface area contributed by atoms with E-state index in [-0.39, 0.29) is 5.78 Å². The lowest BCUT2D eigenvalue weighted by atomic mass is 9.88. The molecule has 4 aromatic carbocycles. The summed E-state index contributed by atoms with van der Waals surface area (Å²) in [6, 6.07) is 19.3. The minimum absolute atomic E-state index is 0.110. The van der Waals surface area contributed by atoms with Crippen molar-refractivity contribution in [3.05, 3.63) is 96.8 Å². The number of hydrogen-bond acceptors (Lipinski definition) is 5. The van der Waals surface area contributed by atoms with Crippen LogP contribution in [-0.4, -0.2) is 39.9 Å². The zero-order valence-corrected chi connectivity index (χ0v) is 19.7. The summed E-state index contributed by atoms with van der Waals surface area (Å²) in [6.07, 6.45) is 6.84. The summed E-state index contributed by atoms with van der Waals surface area (Å²) < 4.78 is 10.8. The van der Waals surface area contributed by atoms with Crippen molar-refractivity contribution in [1.29, 1.82) is 0 Å². The second-order valence-electron chi connectivity index (χ2n) is 8.39. The number of rotatable bonds is 6. The summed E-state index contributed by atoms with van der Waals surface area (Å²) in [6.45, 7) is 0. The van der Waals surface area contributed by atoms with E-state index < -0.39 is 0 Å². The van der Waals surface area contributed by atoms with E-state index >= 15 is 0 Å². The number of H-pyrrole nitrogens is 2. The van der Waals surface area contributed by atoms with E-state index in [0.717, 1.165) is 44.2 Å². The van der Waals surface area contributed by atoms with Crippen molar-refractivity contribution < 1.29 is 14.3 Å². The minimum Gasteiger partial charge on any atom is -0.497 e. The quantitative estimate of drug-likeness (QED) is 0.288. The van der Waals surface area contributed by atoms with Crippen molar-refractivity contribution in [3.63, 3.8) is 0 Å². The molecule has 176 valence electrons. The van der Waals surface area contributed by atoms with Gasteiger partial charge in [-0.15, -0.1) is 0 Å². The molecule has 0 atom stereocenters. The number of benzene rings is 4. The van der Waals surface area contributed by atoms with Crippen molar-refractivity contribution in [1.82, 2.24) is 19.9 Å². The first kappa shape index (κ1) is 21.6. The Kier molecular flexibility index (Phi) is 5.22. The molecular weight excluding hydrogens is 452 g/mol. The van der Waals surface area contributed by atoms with Gasteiger partial charge in [0.15, 0.2) is 5.78 Å². The van der Waals surface area contributed by atoms with Crippen LogP contribution in [0.25, 0.3) is 44.1 Å². The first-order valence-electron chi connectivity index (χ1n) is 11.4. The van der Waals surface area contributed by atoms with Crippen molar-refractivity contribution in [3.8, 4) is 34.0 Å². The molecule has 0 fully saturated rings. The lowest BCUT2D eigenvalue weighted by Crippen LogP contribution is -2.07. The van der Waals surface area contributed by atoms with Gasteiger partial charge in [-0.05, 0) is 70.1 Å². The molecule has 2 N–H and O–H groups in total. The second-order valence-corrected chi connectivity index (χ2v) is 8.39. The summed E-state index contributed by atoms with van der Waals surface area (Å²) in [5.41, 5.74) is 4.05. The fourth-order valence-corrected chi connectivity index (χ4v) is 4.74. The van der Waals surface area contributed by atoms with Gasteiger partial charge in [-0.25, -0.2) is 9.97 Å². The molecule has 0 spiro atoms. The standard InChI is InChI=1S/C29H22N4O3/c1-35-19-5-9-21-17(11-19)3-7-23(27(21)25-13-30-15-32-25)29(34)24-8-4-18-12-20(36-2)6-10-22(18)28(24)26-14-31-16-33-26/h3-16H,1-2H3,(H,30,32)(H,31,33). The number of aromatic nitrogens is 4. The van der Waals surface area contributed by atoms with Crippen LogP contribution in [0.1, 0.15) is 15.9 Å². The van der Waals surface area contributed by atoms with Crippen LogP contribution in [0.2, 0.25) is 0 Å². The van der Waals surface area contributed by atoms with E-state index in [9.17, 15) is 4.79 Å². The molecule has 6 aromatic rings. The third kappa shape index (κ3) is 3.49. The second kappa shape index (κ2) is 8.70. The number of carbonyl (C=O) groups is 1. The summed E-state index contributed by atoms with van der Waals surface area (Å²) in [5.74, 6) is 1.39. The van der Waals surface area contributed by atoms with Crippen LogP contribution in [0.4, 0.5) is 0 Å². The SMILES string of the molecule is COc1ccc2c(-c3c[nH]cn3)c(C(=O)c3ccc4cc(OC)ccc4c3-c3c[nH]cn3)ccc2c1. The Morgan fingerprint density at radius 1 is 0.667 bits per heavy atom. The van der Waals surface area contributed by atoms with Crippen molar-refractivity contribution >= 4 is 27.3 Å². The van der Waals surface area contributed by atoms with E-state index in [0.29, 0.717) is 22.5 Å². The average Bonchev–Trinajstić information content (AvgIpc) is 3.65. The van der Waals surface area contributed by atoms with Crippen LogP contribution in [0.3, 0.4) is 0 Å². The predicted molar refractivity (Wildman–Crippen MR) is 140 cm³/mol. The first-order chi connectivity index (χ1) is 17.7. The number of hydrogen-bond donors (Lipinski definition) is 2. The number of ether oxygens (including phenoxy) is 2. The Morgan fingerprint density at radius 2 is 1.14 bits per heavy atom. The molecule has 0 saturated carbocycles. The highest BCUT2D eigenvalue weighted by molar-refractivity contribution is 6.21. The predicted octanol–water partition coefficient (Wildman–Crippen LogP) is 6.02. The lowest BCUT2D eigenvalue weighted by molar-refractivity contribution is 0.104. The molecule has 2 heterocycles. The Hall–Kier alpha value is -4.91. The minimum atomic E-state index is -0.110. The lowest BCUT2D eigenvalue weighted by Gasteiger charge is -2.15. The van der Waals surface area contributed by atoms with E-state index in [1.54, 1.807) is 39.3 Å². The van der Waals surface area contributed by atoms with Gasteiger partial charge in [0.1, 0.15) is 11.5 Å². The number of nitrogens with one attached hydrogen (secondary N) is 2. The van der Waals surface area contributed by atoms with Gasteiger partial charge in [0.05, 0.1) is 38.3 Å². The van der Waals surface area contributed by atoms with Crippen LogP contribution >= 0.6 is 0 Å². The maximum absolute atomic E-state index is 14.3. The van der Waals surface area contributed by atoms with E-state index in [1.807, 2.05) is 60.7 Å². The van der Waals surface area contributed by atoms with Crippen molar-refractivity contribution in [2.75, 3.05) is 14.2 Å². The number of aromatic amines is 2. The van der Waals surface area contributed by atoms with Crippen molar-refractivity contribution in [2.24, 2.45) is 0 Å². The normalized spacial score (nSPS) is 11.2. The highest BCUT2D eigenvalue weighted by atomic mass is 16.5. The zero-order chi connectivity index (χ0) is 24.6. The molecule has 36 heavy (non-hydrogen) atoms. The third-order valence-electron chi connectivity index (χ3n) is 6.45. The molecule has 7 nitrogen and oxygen atoms in total. The van der Waals surface area contributed by atoms with Gasteiger partial charge < -0.3 is 19.4 Å². The number of ketones is 1. The molecule has 7 heteroatoms. The smallest absolute Gasteiger partial charge is 0.194 e. The average molecular weight is 475 g/mol. The molecule has 0 aliphatic carbocycles. The summed E-state index contributed by atoms with van der Waals surface area (Å²) >= 11 is 0. The number of nitrogens with zero attached hydrogens (tertiary/aromatic N) is 2. The van der Waals surface area contributed by atoms with E-state index in [4.69, 9.17) is 9.47 Å². The molecule has 0 bridgehead atoms. The molecule has 0 aliphatic rings. The molecule has 0 amide bonds. The number of carbonyl (C=O) groups excluding carboxylic acids is 1. The van der Waals surface area contributed by atoms with Crippen LogP contribution < -0.4 is 9.47 Å². The largest absolute Gasteiger partial charge is 0.497 e. The van der Waals surface area contributed by atoms with Gasteiger partial charge in [0.25, 0.3) is 0 Å². The van der Waals surface area contributed by atoms with Gasteiger partial charge >= 0.3 is 0 Å². The van der Waals surface area contributed by atoms with Gasteiger partial charge in [-0.1, -0.05) is 12.1 Å². The number of imidazole rings is 2. The molecule has 6 rings (SSSR count). The Morgan fingerprint density at radius 3 is 1.53 bits per heavy atom. The summed E-state index contributed by atoms with van der Waals surface area (Å²) in [5, 5.41) is 3.75. The highest BCUT2D eigenvalue weighted by Crippen LogP contribution is 2.38. The Balaban J connectivity index is 1.62. The maximum atomic E-state index is 14.3. The van der Waals surface area contributed by atoms with Gasteiger partial charge in [0.2, 0.25) is 0 Å². The number of fused-ring (bicyclic) bond motifs is 2. The summed E-state index contributed by atoms with van der Waals surface area (Å²) in [4.78, 5) is 29.3. The zero-order valence-electron chi connectivity index (χ0n) is 19.7. The highest BCUT2D eigenvalue weighted by Gasteiger charge is 2.23. The van der Waals surface area contributed by atoms with Crippen LogP contribution in [0.15, 0.2) is 85.7 Å². The molecule has 0 aliphatic heterocycles. The Labute approximate surface area is 206 Å². The fourth-order valence-electron chi connectivity index (χ4n) is 4.74. The van der Waals surface area contributed by atoms with Crippen LogP contribution in [-0.2, 0) is 0 Å². The van der Waals surface area contributed by atoms with Gasteiger partial charge in [-0.2, -0.15) is 0 Å². The molecule has 0 radical (unpaired) electrons. The molecular formula is C29H22N4O3. The van der Waals surface area contributed by atoms with E-state index in [1.165, 1.54) is 0 Å². The molecule has 2 aromatic heterocycles. The Bertz CT molecular complexity index is 1590. The van der Waals surface area contributed by atoms with Gasteiger partial charge in [0, 0.05) is 34.6 Å².